The van der Waals surface area contributed by atoms with Crippen molar-refractivity contribution in [3.63, 3.8) is 0 Å². The largest absolute Gasteiger partial charge is 0.467 e. The Morgan fingerprint density at radius 1 is 1.32 bits per heavy atom. The third-order valence-corrected chi connectivity index (χ3v) is 2.93. The summed E-state index contributed by atoms with van der Waals surface area (Å²) in [5.74, 6) is 0.572. The predicted octanol–water partition coefficient (Wildman–Crippen LogP) is 1.75. The maximum Gasteiger partial charge on any atom is 0.137 e. The van der Waals surface area contributed by atoms with Gasteiger partial charge in [0.1, 0.15) is 17.5 Å². The van der Waals surface area contributed by atoms with Crippen molar-refractivity contribution in [1.82, 2.24) is 14.7 Å². The predicted molar refractivity (Wildman–Crippen MR) is 70.6 cm³/mol. The van der Waals surface area contributed by atoms with Crippen LogP contribution in [-0.4, -0.2) is 21.0 Å². The van der Waals surface area contributed by atoms with E-state index in [0.29, 0.717) is 18.8 Å². The van der Waals surface area contributed by atoms with Gasteiger partial charge in [0, 0.05) is 25.5 Å². The molecule has 0 aromatic carbocycles. The van der Waals surface area contributed by atoms with Gasteiger partial charge in [-0.05, 0) is 24.3 Å². The van der Waals surface area contributed by atoms with Crippen molar-refractivity contribution in [3.05, 3.63) is 60.4 Å². The second kappa shape index (κ2) is 5.26. The quantitative estimate of drug-likeness (QED) is 0.731. The molecule has 5 nitrogen and oxygen atoms in total. The molecule has 0 radical (unpaired) electrons. The monoisotopic (exact) mass is 257 g/mol. The SMILES string of the molecule is OC(CNCc1cn2ccccc2n1)c1ccco1. The third-order valence-electron chi connectivity index (χ3n) is 2.93. The number of furan rings is 1. The fourth-order valence-electron chi connectivity index (χ4n) is 1.99. The molecular weight excluding hydrogens is 242 g/mol. The Morgan fingerprint density at radius 2 is 2.26 bits per heavy atom. The normalized spacial score (nSPS) is 12.9. The van der Waals surface area contributed by atoms with Crippen LogP contribution in [0.2, 0.25) is 0 Å². The highest BCUT2D eigenvalue weighted by Crippen LogP contribution is 2.12. The molecular formula is C14H15N3O2. The highest BCUT2D eigenvalue weighted by atomic mass is 16.4. The summed E-state index contributed by atoms with van der Waals surface area (Å²) < 4.78 is 7.11. The van der Waals surface area contributed by atoms with Gasteiger partial charge >= 0.3 is 0 Å². The average molecular weight is 257 g/mol. The first kappa shape index (κ1) is 12.0. The van der Waals surface area contributed by atoms with Gasteiger partial charge in [0.2, 0.25) is 0 Å². The molecule has 2 N–H and O–H groups in total. The Hall–Kier alpha value is -2.11. The molecule has 3 aromatic rings. The number of hydrogen-bond acceptors (Lipinski definition) is 4. The van der Waals surface area contributed by atoms with Gasteiger partial charge in [0.15, 0.2) is 0 Å². The number of hydrogen-bond donors (Lipinski definition) is 2. The van der Waals surface area contributed by atoms with E-state index in [2.05, 4.69) is 10.3 Å². The number of nitrogens with one attached hydrogen (secondary N) is 1. The standard InChI is InChI=1S/C14H15N3O2/c18-12(13-4-3-7-19-13)9-15-8-11-10-17-6-2-1-5-14(17)16-11/h1-7,10,12,15,18H,8-9H2. The van der Waals surface area contributed by atoms with Gasteiger partial charge < -0.3 is 19.2 Å². The lowest BCUT2D eigenvalue weighted by atomic mass is 10.2. The van der Waals surface area contributed by atoms with E-state index < -0.39 is 6.10 Å². The number of aliphatic hydroxyl groups is 1. The first-order valence-corrected chi connectivity index (χ1v) is 6.18. The van der Waals surface area contributed by atoms with Gasteiger partial charge in [-0.2, -0.15) is 0 Å². The van der Waals surface area contributed by atoms with Crippen LogP contribution < -0.4 is 5.32 Å². The zero-order valence-corrected chi connectivity index (χ0v) is 10.4. The van der Waals surface area contributed by atoms with Crippen molar-refractivity contribution < 1.29 is 9.52 Å². The summed E-state index contributed by atoms with van der Waals surface area (Å²) in [4.78, 5) is 4.47. The molecule has 0 aliphatic rings. The Labute approximate surface area is 110 Å². The lowest BCUT2D eigenvalue weighted by Gasteiger charge is -2.07. The molecule has 0 spiro atoms. The Balaban J connectivity index is 1.57. The first-order valence-electron chi connectivity index (χ1n) is 6.18. The average Bonchev–Trinajstić information content (AvgIpc) is 3.07. The summed E-state index contributed by atoms with van der Waals surface area (Å²) in [6.45, 7) is 1.04. The van der Waals surface area contributed by atoms with E-state index >= 15 is 0 Å². The van der Waals surface area contributed by atoms with Crippen LogP contribution in [0.5, 0.6) is 0 Å². The lowest BCUT2D eigenvalue weighted by molar-refractivity contribution is 0.147. The Morgan fingerprint density at radius 3 is 3.05 bits per heavy atom. The molecule has 0 amide bonds. The van der Waals surface area contributed by atoms with Gasteiger partial charge in [-0.3, -0.25) is 0 Å². The summed E-state index contributed by atoms with van der Waals surface area (Å²) >= 11 is 0. The van der Waals surface area contributed by atoms with Crippen LogP contribution in [-0.2, 0) is 6.54 Å². The number of pyridine rings is 1. The van der Waals surface area contributed by atoms with Gasteiger partial charge in [0.25, 0.3) is 0 Å². The molecule has 0 saturated carbocycles. The maximum atomic E-state index is 9.85. The minimum atomic E-state index is -0.632. The van der Waals surface area contributed by atoms with Crippen molar-refractivity contribution >= 4 is 5.65 Å². The molecule has 19 heavy (non-hydrogen) atoms. The van der Waals surface area contributed by atoms with Gasteiger partial charge in [-0.25, -0.2) is 4.98 Å². The van der Waals surface area contributed by atoms with Crippen molar-refractivity contribution in [2.45, 2.75) is 12.6 Å². The molecule has 0 aliphatic heterocycles. The minimum absolute atomic E-state index is 0.432. The molecule has 0 fully saturated rings. The van der Waals surface area contributed by atoms with Crippen molar-refractivity contribution in [2.24, 2.45) is 0 Å². The summed E-state index contributed by atoms with van der Waals surface area (Å²) in [5, 5.41) is 13.0. The second-order valence-electron chi connectivity index (χ2n) is 4.36. The van der Waals surface area contributed by atoms with Crippen molar-refractivity contribution in [1.29, 1.82) is 0 Å². The van der Waals surface area contributed by atoms with Gasteiger partial charge in [-0.1, -0.05) is 6.07 Å². The van der Waals surface area contributed by atoms with E-state index in [0.717, 1.165) is 11.3 Å². The van der Waals surface area contributed by atoms with E-state index in [1.54, 1.807) is 18.4 Å². The van der Waals surface area contributed by atoms with Crippen LogP contribution in [0.3, 0.4) is 0 Å². The molecule has 1 atom stereocenters. The number of nitrogens with zero attached hydrogens (tertiary/aromatic N) is 2. The van der Waals surface area contributed by atoms with E-state index in [1.165, 1.54) is 0 Å². The fraction of sp³-hybridized carbons (Fsp3) is 0.214. The molecule has 3 aromatic heterocycles. The number of imidazole rings is 1. The van der Waals surface area contributed by atoms with Crippen LogP contribution in [0.4, 0.5) is 0 Å². The van der Waals surface area contributed by atoms with Crippen LogP contribution in [0.1, 0.15) is 17.6 Å². The maximum absolute atomic E-state index is 9.85. The zero-order valence-electron chi connectivity index (χ0n) is 10.4. The third kappa shape index (κ3) is 2.67. The lowest BCUT2D eigenvalue weighted by Crippen LogP contribution is -2.20. The topological polar surface area (TPSA) is 62.7 Å². The number of fused-ring (bicyclic) bond motifs is 1. The van der Waals surface area contributed by atoms with Crippen molar-refractivity contribution in [2.75, 3.05) is 6.54 Å². The van der Waals surface area contributed by atoms with E-state index in [9.17, 15) is 5.11 Å². The van der Waals surface area contributed by atoms with Crippen molar-refractivity contribution in [3.8, 4) is 0 Å². The molecule has 3 rings (SSSR count). The molecule has 0 aliphatic carbocycles. The number of aliphatic hydroxyl groups excluding tert-OH is 1. The first-order chi connectivity index (χ1) is 9.33. The molecule has 5 heteroatoms. The fourth-order valence-corrected chi connectivity index (χ4v) is 1.99. The number of rotatable bonds is 5. The Kier molecular flexibility index (Phi) is 3.31. The van der Waals surface area contributed by atoms with Crippen LogP contribution in [0.25, 0.3) is 5.65 Å². The minimum Gasteiger partial charge on any atom is -0.467 e. The van der Waals surface area contributed by atoms with E-state index in [-0.39, 0.29) is 0 Å². The highest BCUT2D eigenvalue weighted by molar-refractivity contribution is 5.39. The zero-order chi connectivity index (χ0) is 13.1. The molecule has 3 heterocycles. The molecule has 0 bridgehead atoms. The molecule has 0 saturated heterocycles. The van der Waals surface area contributed by atoms with Crippen LogP contribution >= 0.6 is 0 Å². The van der Waals surface area contributed by atoms with Gasteiger partial charge in [0.05, 0.1) is 12.0 Å². The Bertz CT molecular complexity index is 613. The summed E-state index contributed by atoms with van der Waals surface area (Å²) in [5.41, 5.74) is 1.86. The smallest absolute Gasteiger partial charge is 0.137 e. The summed E-state index contributed by atoms with van der Waals surface area (Å²) in [6, 6.07) is 9.41. The molecule has 98 valence electrons. The van der Waals surface area contributed by atoms with Crippen LogP contribution in [0.15, 0.2) is 53.4 Å². The second-order valence-corrected chi connectivity index (χ2v) is 4.36. The highest BCUT2D eigenvalue weighted by Gasteiger charge is 2.09. The molecule has 1 unspecified atom stereocenters. The summed E-state index contributed by atoms with van der Waals surface area (Å²) in [7, 11) is 0. The van der Waals surface area contributed by atoms with E-state index in [4.69, 9.17) is 4.42 Å². The van der Waals surface area contributed by atoms with E-state index in [1.807, 2.05) is 35.0 Å². The van der Waals surface area contributed by atoms with Gasteiger partial charge in [-0.15, -0.1) is 0 Å². The van der Waals surface area contributed by atoms with Crippen LogP contribution in [0, 0.1) is 0 Å². The number of aromatic nitrogens is 2. The summed E-state index contributed by atoms with van der Waals surface area (Å²) in [6.07, 6.45) is 4.86.